The largest absolute Gasteiger partial charge is 0.508 e. The third-order valence-electron chi connectivity index (χ3n) is 2.53. The molecule has 0 bridgehead atoms. The van der Waals surface area contributed by atoms with E-state index in [1.165, 1.54) is 12.1 Å². The highest BCUT2D eigenvalue weighted by molar-refractivity contribution is 5.60. The molecule has 2 rings (SSSR count). The molecule has 19 heavy (non-hydrogen) atoms. The zero-order chi connectivity index (χ0) is 14.4. The average molecular weight is 262 g/mol. The van der Waals surface area contributed by atoms with Crippen LogP contribution in [0, 0.1) is 6.92 Å². The van der Waals surface area contributed by atoms with Gasteiger partial charge in [-0.3, -0.25) is 0 Å². The quantitative estimate of drug-likeness (QED) is 0.590. The first-order valence-electron chi connectivity index (χ1n) is 5.62. The zero-order valence-electron chi connectivity index (χ0n) is 10.9. The number of hydrogen-bond acceptors (Lipinski definition) is 5. The number of rotatable bonds is 1. The number of nitrogen functional groups attached to an aromatic ring is 2. The highest BCUT2D eigenvalue weighted by Crippen LogP contribution is 2.24. The topological polar surface area (TPSA) is 102 Å². The molecule has 6 N–H and O–H groups in total. The number of aromatic hydroxyl groups is 2. The van der Waals surface area contributed by atoms with Crippen LogP contribution in [0.3, 0.4) is 0 Å². The molecule has 5 heteroatoms. The summed E-state index contributed by atoms with van der Waals surface area (Å²) in [5.74, 6) is 0.930. The van der Waals surface area contributed by atoms with E-state index >= 15 is 0 Å². The number of phenols is 2. The van der Waals surface area contributed by atoms with Crippen molar-refractivity contribution in [3.8, 4) is 17.2 Å². The maximum atomic E-state index is 8.94. The highest BCUT2D eigenvalue weighted by atomic mass is 16.5. The van der Waals surface area contributed by atoms with Crippen molar-refractivity contribution in [3.05, 3.63) is 42.0 Å². The Morgan fingerprint density at radius 1 is 1.00 bits per heavy atom. The van der Waals surface area contributed by atoms with Crippen LogP contribution in [-0.2, 0) is 0 Å². The smallest absolute Gasteiger partial charge is 0.141 e. The van der Waals surface area contributed by atoms with Crippen molar-refractivity contribution in [2.75, 3.05) is 18.6 Å². The van der Waals surface area contributed by atoms with Crippen LogP contribution in [0.1, 0.15) is 5.56 Å². The van der Waals surface area contributed by atoms with Gasteiger partial charge >= 0.3 is 0 Å². The fourth-order valence-electron chi connectivity index (χ4n) is 1.36. The number of phenolic OH excluding ortho intramolecular Hbond substituents is 2. The Labute approximate surface area is 112 Å². The van der Waals surface area contributed by atoms with Crippen molar-refractivity contribution >= 4 is 11.4 Å². The second-order valence-corrected chi connectivity index (χ2v) is 3.92. The molecule has 0 unspecified atom stereocenters. The Morgan fingerprint density at radius 3 is 2.00 bits per heavy atom. The zero-order valence-corrected chi connectivity index (χ0v) is 10.9. The summed E-state index contributed by atoms with van der Waals surface area (Å²) >= 11 is 0. The van der Waals surface area contributed by atoms with Crippen molar-refractivity contribution in [1.29, 1.82) is 0 Å². The highest BCUT2D eigenvalue weighted by Gasteiger charge is 1.97. The van der Waals surface area contributed by atoms with Gasteiger partial charge in [0.15, 0.2) is 0 Å². The SMILES string of the molecule is COc1ccc(N)cc1N.Cc1c(O)cccc1O. The molecule has 2 aromatic rings. The molecule has 0 aromatic heterocycles. The minimum Gasteiger partial charge on any atom is -0.508 e. The van der Waals surface area contributed by atoms with Crippen LogP contribution >= 0.6 is 0 Å². The molecular formula is C14H18N2O3. The summed E-state index contributed by atoms with van der Waals surface area (Å²) in [4.78, 5) is 0. The second kappa shape index (κ2) is 6.39. The summed E-state index contributed by atoms with van der Waals surface area (Å²) in [6.07, 6.45) is 0. The fourth-order valence-corrected chi connectivity index (χ4v) is 1.36. The van der Waals surface area contributed by atoms with Crippen LogP contribution in [0.25, 0.3) is 0 Å². The van der Waals surface area contributed by atoms with Gasteiger partial charge in [0.1, 0.15) is 17.2 Å². The van der Waals surface area contributed by atoms with Gasteiger partial charge in [0.25, 0.3) is 0 Å². The molecule has 102 valence electrons. The lowest BCUT2D eigenvalue weighted by molar-refractivity contribution is 0.417. The van der Waals surface area contributed by atoms with Crippen LogP contribution < -0.4 is 16.2 Å². The Morgan fingerprint density at radius 2 is 1.58 bits per heavy atom. The minimum absolute atomic E-state index is 0.134. The third-order valence-corrected chi connectivity index (χ3v) is 2.53. The van der Waals surface area contributed by atoms with E-state index < -0.39 is 0 Å². The van der Waals surface area contributed by atoms with Gasteiger partial charge in [-0.15, -0.1) is 0 Å². The molecule has 0 saturated heterocycles. The maximum Gasteiger partial charge on any atom is 0.141 e. The summed E-state index contributed by atoms with van der Waals surface area (Å²) in [6.45, 7) is 1.66. The molecular weight excluding hydrogens is 244 g/mol. The summed E-state index contributed by atoms with van der Waals surface area (Å²) < 4.78 is 4.92. The van der Waals surface area contributed by atoms with Gasteiger partial charge in [-0.25, -0.2) is 0 Å². The van der Waals surface area contributed by atoms with Gasteiger partial charge in [0.05, 0.1) is 12.8 Å². The first-order valence-corrected chi connectivity index (χ1v) is 5.62. The lowest BCUT2D eigenvalue weighted by Crippen LogP contribution is -1.93. The number of methoxy groups -OCH3 is 1. The Kier molecular flexibility index (Phi) is 4.88. The number of hydrogen-bond donors (Lipinski definition) is 4. The van der Waals surface area contributed by atoms with Crippen LogP contribution in [0.15, 0.2) is 36.4 Å². The monoisotopic (exact) mass is 262 g/mol. The summed E-state index contributed by atoms with van der Waals surface area (Å²) in [5.41, 5.74) is 12.7. The Bertz CT molecular complexity index is 536. The van der Waals surface area contributed by atoms with E-state index in [9.17, 15) is 0 Å². The number of benzene rings is 2. The first kappa shape index (κ1) is 14.5. The van der Waals surface area contributed by atoms with Crippen molar-refractivity contribution in [1.82, 2.24) is 0 Å². The van der Waals surface area contributed by atoms with Gasteiger partial charge in [-0.2, -0.15) is 0 Å². The van der Waals surface area contributed by atoms with Crippen molar-refractivity contribution < 1.29 is 14.9 Å². The van der Waals surface area contributed by atoms with Crippen LogP contribution in [0.5, 0.6) is 17.2 Å². The molecule has 0 heterocycles. The summed E-state index contributed by atoms with van der Waals surface area (Å²) in [6, 6.07) is 9.82. The predicted molar refractivity (Wildman–Crippen MR) is 76.3 cm³/mol. The van der Waals surface area contributed by atoms with Gasteiger partial charge < -0.3 is 26.4 Å². The number of ether oxygens (including phenoxy) is 1. The Balaban J connectivity index is 0.000000191. The van der Waals surface area contributed by atoms with Crippen molar-refractivity contribution in [3.63, 3.8) is 0 Å². The molecule has 2 aromatic carbocycles. The van der Waals surface area contributed by atoms with Gasteiger partial charge in [0, 0.05) is 11.3 Å². The summed E-state index contributed by atoms with van der Waals surface area (Å²) in [5, 5.41) is 17.9. The predicted octanol–water partition coefficient (Wildman–Crippen LogP) is 2.27. The molecule has 0 aliphatic rings. The minimum atomic E-state index is 0.134. The molecule has 0 saturated carbocycles. The van der Waals surface area contributed by atoms with E-state index in [4.69, 9.17) is 26.4 Å². The van der Waals surface area contributed by atoms with Crippen molar-refractivity contribution in [2.24, 2.45) is 0 Å². The molecule has 0 radical (unpaired) electrons. The van der Waals surface area contributed by atoms with Gasteiger partial charge in [-0.1, -0.05) is 6.07 Å². The maximum absolute atomic E-state index is 8.94. The summed E-state index contributed by atoms with van der Waals surface area (Å²) in [7, 11) is 1.57. The average Bonchev–Trinajstić information content (AvgIpc) is 2.37. The first-order chi connectivity index (χ1) is 8.95. The Hall–Kier alpha value is -2.56. The number of nitrogens with two attached hydrogens (primary N) is 2. The molecule has 0 atom stereocenters. The molecule has 0 spiro atoms. The lowest BCUT2D eigenvalue weighted by atomic mass is 10.2. The van der Waals surface area contributed by atoms with E-state index in [1.807, 2.05) is 0 Å². The second-order valence-electron chi connectivity index (χ2n) is 3.92. The number of anilines is 2. The molecule has 5 nitrogen and oxygen atoms in total. The van der Waals surface area contributed by atoms with E-state index in [-0.39, 0.29) is 11.5 Å². The fraction of sp³-hybridized carbons (Fsp3) is 0.143. The van der Waals surface area contributed by atoms with Crippen LogP contribution in [-0.4, -0.2) is 17.3 Å². The van der Waals surface area contributed by atoms with E-state index in [0.717, 1.165) is 0 Å². The standard InChI is InChI=1S/C7H10N2O.C7H8O2/c1-10-7-3-2-5(8)4-6(7)9;1-5-6(8)3-2-4-7(5)9/h2-4H,8-9H2,1H3;2-4,8-9H,1H3. The molecule has 0 fully saturated rings. The van der Waals surface area contributed by atoms with Gasteiger partial charge in [-0.05, 0) is 37.3 Å². The van der Waals surface area contributed by atoms with Crippen molar-refractivity contribution in [2.45, 2.75) is 6.92 Å². The molecule has 0 amide bonds. The normalized spacial score (nSPS) is 9.37. The van der Waals surface area contributed by atoms with E-state index in [0.29, 0.717) is 22.7 Å². The van der Waals surface area contributed by atoms with Gasteiger partial charge in [0.2, 0.25) is 0 Å². The third kappa shape index (κ3) is 3.99. The molecule has 0 aliphatic carbocycles. The van der Waals surface area contributed by atoms with Crippen LogP contribution in [0.2, 0.25) is 0 Å². The lowest BCUT2D eigenvalue weighted by Gasteiger charge is -2.03. The molecule has 0 aliphatic heterocycles. The van der Waals surface area contributed by atoms with E-state index in [2.05, 4.69) is 0 Å². The van der Waals surface area contributed by atoms with Crippen LogP contribution in [0.4, 0.5) is 11.4 Å². The van der Waals surface area contributed by atoms with E-state index in [1.54, 1.807) is 38.3 Å².